The molecule has 0 aliphatic carbocycles. The van der Waals surface area contributed by atoms with Crippen LogP contribution in [0.15, 0.2) is 42.5 Å². The van der Waals surface area contributed by atoms with Gasteiger partial charge < -0.3 is 5.32 Å². The van der Waals surface area contributed by atoms with Gasteiger partial charge in [-0.15, -0.1) is 0 Å². The first-order valence-electron chi connectivity index (χ1n) is 7.96. The highest BCUT2D eigenvalue weighted by molar-refractivity contribution is 5.49. The number of hydrogen-bond acceptors (Lipinski definition) is 2. The van der Waals surface area contributed by atoms with Crippen LogP contribution in [0.25, 0.3) is 0 Å². The Balaban J connectivity index is 2.15. The highest BCUT2D eigenvalue weighted by Crippen LogP contribution is 2.26. The van der Waals surface area contributed by atoms with Crippen LogP contribution in [0.1, 0.15) is 55.6 Å². The summed E-state index contributed by atoms with van der Waals surface area (Å²) in [5.41, 5.74) is 4.64. The van der Waals surface area contributed by atoms with Crippen molar-refractivity contribution in [2.24, 2.45) is 0 Å². The number of pyridine rings is 1. The molecule has 2 rings (SSSR count). The number of nitrogens with one attached hydrogen (secondary N) is 1. The Morgan fingerprint density at radius 1 is 1.00 bits per heavy atom. The minimum absolute atomic E-state index is 0.362. The molecule has 0 spiro atoms. The zero-order valence-electron chi connectivity index (χ0n) is 13.4. The van der Waals surface area contributed by atoms with Crippen molar-refractivity contribution in [3.8, 4) is 0 Å². The van der Waals surface area contributed by atoms with Gasteiger partial charge in [0, 0.05) is 5.69 Å². The Morgan fingerprint density at radius 3 is 2.43 bits per heavy atom. The van der Waals surface area contributed by atoms with Gasteiger partial charge in [0.25, 0.3) is 0 Å². The molecule has 1 aromatic carbocycles. The van der Waals surface area contributed by atoms with Gasteiger partial charge in [0.2, 0.25) is 0 Å². The Hall–Kier alpha value is -1.83. The van der Waals surface area contributed by atoms with Gasteiger partial charge in [0.1, 0.15) is 0 Å². The van der Waals surface area contributed by atoms with Gasteiger partial charge in [0.15, 0.2) is 0 Å². The zero-order chi connectivity index (χ0) is 15.1. The van der Waals surface area contributed by atoms with Crippen LogP contribution in [0, 0.1) is 13.8 Å². The average Bonchev–Trinajstić information content (AvgIpc) is 2.49. The first-order valence-corrected chi connectivity index (χ1v) is 7.96. The average molecular weight is 282 g/mol. The van der Waals surface area contributed by atoms with Crippen LogP contribution in [0.5, 0.6) is 0 Å². The van der Waals surface area contributed by atoms with Gasteiger partial charge in [-0.3, -0.25) is 4.98 Å². The zero-order valence-corrected chi connectivity index (χ0v) is 13.4. The van der Waals surface area contributed by atoms with Crippen LogP contribution in [-0.4, -0.2) is 4.98 Å². The normalized spacial score (nSPS) is 12.1. The SMILES string of the molecule is CCCCCC(Nc1ccc(C)nc1C)c1ccccc1. The molecule has 0 aliphatic rings. The van der Waals surface area contributed by atoms with Gasteiger partial charge in [0.05, 0.1) is 17.4 Å². The molecule has 0 bridgehead atoms. The highest BCUT2D eigenvalue weighted by atomic mass is 14.9. The van der Waals surface area contributed by atoms with E-state index in [2.05, 4.69) is 66.6 Å². The van der Waals surface area contributed by atoms with E-state index in [1.54, 1.807) is 0 Å². The molecule has 0 amide bonds. The van der Waals surface area contributed by atoms with Crippen molar-refractivity contribution in [2.75, 3.05) is 5.32 Å². The monoisotopic (exact) mass is 282 g/mol. The summed E-state index contributed by atoms with van der Waals surface area (Å²) in [7, 11) is 0. The minimum atomic E-state index is 0.362. The lowest BCUT2D eigenvalue weighted by Crippen LogP contribution is -2.12. The molecule has 2 aromatic rings. The summed E-state index contributed by atoms with van der Waals surface area (Å²) in [6.07, 6.45) is 4.95. The van der Waals surface area contributed by atoms with Crippen LogP contribution in [0.3, 0.4) is 0 Å². The van der Waals surface area contributed by atoms with Gasteiger partial charge in [-0.25, -0.2) is 0 Å². The number of nitrogens with zero attached hydrogens (tertiary/aromatic N) is 1. The minimum Gasteiger partial charge on any atom is -0.377 e. The number of aromatic nitrogens is 1. The standard InChI is InChI=1S/C19H26N2/c1-4-5-7-12-19(17-10-8-6-9-11-17)21-18-14-13-15(2)20-16(18)3/h6,8-11,13-14,19,21H,4-5,7,12H2,1-3H3. The summed E-state index contributed by atoms with van der Waals surface area (Å²) in [5.74, 6) is 0. The third kappa shape index (κ3) is 4.59. The maximum absolute atomic E-state index is 4.55. The number of unbranched alkanes of at least 4 members (excludes halogenated alkanes) is 2. The topological polar surface area (TPSA) is 24.9 Å². The molecule has 0 radical (unpaired) electrons. The first kappa shape index (κ1) is 15.6. The van der Waals surface area contributed by atoms with Gasteiger partial charge in [-0.1, -0.05) is 56.5 Å². The van der Waals surface area contributed by atoms with Gasteiger partial charge in [-0.05, 0) is 38.0 Å². The summed E-state index contributed by atoms with van der Waals surface area (Å²) >= 11 is 0. The lowest BCUT2D eigenvalue weighted by atomic mass is 10.00. The van der Waals surface area contributed by atoms with E-state index < -0.39 is 0 Å². The van der Waals surface area contributed by atoms with Crippen molar-refractivity contribution in [2.45, 2.75) is 52.5 Å². The molecule has 1 unspecified atom stereocenters. The predicted molar refractivity (Wildman–Crippen MR) is 90.7 cm³/mol. The molecule has 1 atom stereocenters. The van der Waals surface area contributed by atoms with Crippen molar-refractivity contribution in [3.63, 3.8) is 0 Å². The maximum Gasteiger partial charge on any atom is 0.0607 e. The summed E-state index contributed by atoms with van der Waals surface area (Å²) in [6.45, 7) is 6.36. The van der Waals surface area contributed by atoms with Crippen molar-refractivity contribution < 1.29 is 0 Å². The lowest BCUT2D eigenvalue weighted by molar-refractivity contribution is 0.606. The highest BCUT2D eigenvalue weighted by Gasteiger charge is 2.12. The molecule has 1 N–H and O–H groups in total. The van der Waals surface area contributed by atoms with E-state index >= 15 is 0 Å². The van der Waals surface area contributed by atoms with Crippen molar-refractivity contribution in [3.05, 3.63) is 59.4 Å². The molecule has 0 fully saturated rings. The van der Waals surface area contributed by atoms with Crippen LogP contribution in [-0.2, 0) is 0 Å². The lowest BCUT2D eigenvalue weighted by Gasteiger charge is -2.21. The largest absolute Gasteiger partial charge is 0.377 e. The summed E-state index contributed by atoms with van der Waals surface area (Å²) in [6, 6.07) is 15.3. The molecular formula is C19H26N2. The van der Waals surface area contributed by atoms with Crippen LogP contribution >= 0.6 is 0 Å². The predicted octanol–water partition coefficient (Wildman–Crippen LogP) is 5.43. The van der Waals surface area contributed by atoms with Crippen molar-refractivity contribution >= 4 is 5.69 Å². The first-order chi connectivity index (χ1) is 10.2. The molecular weight excluding hydrogens is 256 g/mol. The second-order valence-electron chi connectivity index (χ2n) is 5.69. The molecule has 112 valence electrons. The number of rotatable bonds is 7. The van der Waals surface area contributed by atoms with Gasteiger partial charge in [-0.2, -0.15) is 0 Å². The number of hydrogen-bond donors (Lipinski definition) is 1. The quantitative estimate of drug-likeness (QED) is 0.685. The molecule has 0 saturated heterocycles. The van der Waals surface area contributed by atoms with Gasteiger partial charge >= 0.3 is 0 Å². The Morgan fingerprint density at radius 2 is 1.76 bits per heavy atom. The van der Waals surface area contributed by atoms with Crippen LogP contribution in [0.4, 0.5) is 5.69 Å². The van der Waals surface area contributed by atoms with Crippen LogP contribution in [0.2, 0.25) is 0 Å². The van der Waals surface area contributed by atoms with Crippen molar-refractivity contribution in [1.82, 2.24) is 4.98 Å². The molecule has 2 nitrogen and oxygen atoms in total. The molecule has 1 aromatic heterocycles. The number of anilines is 1. The molecule has 0 aliphatic heterocycles. The number of aryl methyl sites for hydroxylation is 2. The van der Waals surface area contributed by atoms with E-state index in [1.165, 1.54) is 24.8 Å². The summed E-state index contributed by atoms with van der Waals surface area (Å²) < 4.78 is 0. The number of benzene rings is 1. The second kappa shape index (κ2) is 7.82. The Bertz CT molecular complexity index is 549. The summed E-state index contributed by atoms with van der Waals surface area (Å²) in [4.78, 5) is 4.55. The second-order valence-corrected chi connectivity index (χ2v) is 5.69. The Kier molecular flexibility index (Phi) is 5.79. The van der Waals surface area contributed by atoms with E-state index in [9.17, 15) is 0 Å². The van der Waals surface area contributed by atoms with E-state index in [1.807, 2.05) is 6.92 Å². The molecule has 1 heterocycles. The fraction of sp³-hybridized carbons (Fsp3) is 0.421. The fourth-order valence-corrected chi connectivity index (χ4v) is 2.63. The molecule has 0 saturated carbocycles. The maximum atomic E-state index is 4.55. The molecule has 2 heteroatoms. The fourth-order valence-electron chi connectivity index (χ4n) is 2.63. The van der Waals surface area contributed by atoms with E-state index in [0.717, 1.165) is 23.5 Å². The van der Waals surface area contributed by atoms with Crippen molar-refractivity contribution in [1.29, 1.82) is 0 Å². The molecule has 21 heavy (non-hydrogen) atoms. The van der Waals surface area contributed by atoms with Crippen LogP contribution < -0.4 is 5.32 Å². The van der Waals surface area contributed by atoms with E-state index in [-0.39, 0.29) is 0 Å². The third-order valence-electron chi connectivity index (χ3n) is 3.85. The van der Waals surface area contributed by atoms with E-state index in [4.69, 9.17) is 0 Å². The third-order valence-corrected chi connectivity index (χ3v) is 3.85. The Labute approximate surface area is 128 Å². The summed E-state index contributed by atoms with van der Waals surface area (Å²) in [5, 5.41) is 3.69. The van der Waals surface area contributed by atoms with E-state index in [0.29, 0.717) is 6.04 Å². The smallest absolute Gasteiger partial charge is 0.0607 e.